The van der Waals surface area contributed by atoms with Crippen molar-refractivity contribution in [2.75, 3.05) is 38.1 Å². The molecule has 0 amide bonds. The minimum Gasteiger partial charge on any atom is -0.410 e. The van der Waals surface area contributed by atoms with Gasteiger partial charge in [0.05, 0.1) is 16.7 Å². The van der Waals surface area contributed by atoms with Gasteiger partial charge in [0.15, 0.2) is 0 Å². The molecule has 0 spiro atoms. The molecular weight excluding hydrogens is 405 g/mol. The van der Waals surface area contributed by atoms with Crippen LogP contribution in [0.5, 0.6) is 0 Å². The number of aromatic amines is 1. The van der Waals surface area contributed by atoms with Crippen LogP contribution in [0.1, 0.15) is 11.1 Å². The fourth-order valence-electron chi connectivity index (χ4n) is 4.83. The van der Waals surface area contributed by atoms with Crippen molar-refractivity contribution in [1.29, 1.82) is 0 Å². The van der Waals surface area contributed by atoms with Crippen LogP contribution in [-0.4, -0.2) is 59.0 Å². The number of halogens is 1. The van der Waals surface area contributed by atoms with Gasteiger partial charge in [0.25, 0.3) is 0 Å². The Bertz CT molecular complexity index is 1380. The highest BCUT2D eigenvalue weighted by atomic mass is 19.1. The minimum atomic E-state index is -0.251. The van der Waals surface area contributed by atoms with Gasteiger partial charge < -0.3 is 20.0 Å². The molecule has 2 N–H and O–H groups in total. The smallest absolute Gasteiger partial charge is 0.148 e. The first-order valence-corrected chi connectivity index (χ1v) is 10.7. The molecule has 160 valence electrons. The van der Waals surface area contributed by atoms with Crippen molar-refractivity contribution in [3.05, 3.63) is 71.5 Å². The van der Waals surface area contributed by atoms with Gasteiger partial charge >= 0.3 is 0 Å². The SMILES string of the molecule is CN1CCN(c2cc3[nH]c(-c4cccc5c4-c4ccccc4/C5=N\O)nc3cc2F)CC1. The average Bonchev–Trinajstić information content (AvgIpc) is 3.37. The van der Waals surface area contributed by atoms with E-state index in [4.69, 9.17) is 4.98 Å². The lowest BCUT2D eigenvalue weighted by Crippen LogP contribution is -2.44. The summed E-state index contributed by atoms with van der Waals surface area (Å²) in [6.45, 7) is 3.42. The van der Waals surface area contributed by atoms with Crippen LogP contribution in [0.4, 0.5) is 10.1 Å². The quantitative estimate of drug-likeness (QED) is 0.325. The van der Waals surface area contributed by atoms with Gasteiger partial charge in [-0.1, -0.05) is 47.6 Å². The second-order valence-electron chi connectivity index (χ2n) is 8.42. The number of hydrogen-bond acceptors (Lipinski definition) is 5. The van der Waals surface area contributed by atoms with Gasteiger partial charge in [-0.15, -0.1) is 0 Å². The van der Waals surface area contributed by atoms with Crippen LogP contribution >= 0.6 is 0 Å². The molecule has 32 heavy (non-hydrogen) atoms. The van der Waals surface area contributed by atoms with Crippen LogP contribution in [-0.2, 0) is 0 Å². The van der Waals surface area contributed by atoms with E-state index in [-0.39, 0.29) is 5.82 Å². The van der Waals surface area contributed by atoms with Crippen LogP contribution in [0.15, 0.2) is 59.8 Å². The molecule has 0 radical (unpaired) electrons. The topological polar surface area (TPSA) is 67.8 Å². The summed E-state index contributed by atoms with van der Waals surface area (Å²) in [6, 6.07) is 17.1. The number of likely N-dealkylation sites (N-methyl/N-ethyl adjacent to an activating group) is 1. The summed E-state index contributed by atoms with van der Waals surface area (Å²) in [4.78, 5) is 12.5. The first-order chi connectivity index (χ1) is 15.6. The van der Waals surface area contributed by atoms with Gasteiger partial charge in [0.2, 0.25) is 0 Å². The molecule has 7 heteroatoms. The highest BCUT2D eigenvalue weighted by molar-refractivity contribution is 6.26. The van der Waals surface area contributed by atoms with Crippen molar-refractivity contribution in [2.45, 2.75) is 0 Å². The largest absolute Gasteiger partial charge is 0.410 e. The molecule has 4 aromatic rings. The summed E-state index contributed by atoms with van der Waals surface area (Å²) in [6.07, 6.45) is 0. The van der Waals surface area contributed by atoms with Gasteiger partial charge in [-0.25, -0.2) is 9.37 Å². The molecule has 6 rings (SSSR count). The number of H-pyrrole nitrogens is 1. The number of piperazine rings is 1. The third-order valence-electron chi connectivity index (χ3n) is 6.52. The number of anilines is 1. The van der Waals surface area contributed by atoms with E-state index in [0.29, 0.717) is 22.7 Å². The van der Waals surface area contributed by atoms with E-state index in [1.165, 1.54) is 6.07 Å². The summed E-state index contributed by atoms with van der Waals surface area (Å²) in [5.74, 6) is 0.416. The maximum Gasteiger partial charge on any atom is 0.148 e. The number of oxime groups is 1. The fourth-order valence-corrected chi connectivity index (χ4v) is 4.83. The van der Waals surface area contributed by atoms with Crippen molar-refractivity contribution in [1.82, 2.24) is 14.9 Å². The predicted molar refractivity (Wildman–Crippen MR) is 124 cm³/mol. The Hall–Kier alpha value is -3.71. The van der Waals surface area contributed by atoms with E-state index in [1.807, 2.05) is 48.5 Å². The van der Waals surface area contributed by atoms with Gasteiger partial charge in [0.1, 0.15) is 17.4 Å². The molecule has 1 saturated heterocycles. The van der Waals surface area contributed by atoms with Gasteiger partial charge in [-0.05, 0) is 18.7 Å². The molecule has 1 fully saturated rings. The van der Waals surface area contributed by atoms with E-state index >= 15 is 0 Å². The second-order valence-corrected chi connectivity index (χ2v) is 8.42. The number of fused-ring (bicyclic) bond motifs is 4. The summed E-state index contributed by atoms with van der Waals surface area (Å²) in [5, 5.41) is 13.2. The third-order valence-corrected chi connectivity index (χ3v) is 6.52. The molecular formula is C25H22FN5O. The van der Waals surface area contributed by atoms with Gasteiger partial charge in [0, 0.05) is 54.5 Å². The molecule has 1 aliphatic heterocycles. The normalized spacial score (nSPS) is 17.2. The van der Waals surface area contributed by atoms with Crippen molar-refractivity contribution in [3.8, 4) is 22.5 Å². The molecule has 0 atom stereocenters. The molecule has 0 bridgehead atoms. The Morgan fingerprint density at radius 2 is 1.66 bits per heavy atom. The van der Waals surface area contributed by atoms with E-state index in [0.717, 1.165) is 59.5 Å². The van der Waals surface area contributed by atoms with Crippen molar-refractivity contribution in [3.63, 3.8) is 0 Å². The van der Waals surface area contributed by atoms with E-state index in [9.17, 15) is 9.60 Å². The van der Waals surface area contributed by atoms with E-state index in [1.54, 1.807) is 0 Å². The number of imidazole rings is 1. The Balaban J connectivity index is 1.48. The monoisotopic (exact) mass is 427 g/mol. The Morgan fingerprint density at radius 1 is 0.938 bits per heavy atom. The summed E-state index contributed by atoms with van der Waals surface area (Å²) in [5.41, 5.74) is 7.16. The number of benzene rings is 3. The fraction of sp³-hybridized carbons (Fsp3) is 0.200. The zero-order valence-corrected chi connectivity index (χ0v) is 17.6. The maximum absolute atomic E-state index is 15.0. The van der Waals surface area contributed by atoms with Gasteiger partial charge in [-0.3, -0.25) is 0 Å². The molecule has 0 saturated carbocycles. The Kier molecular flexibility index (Phi) is 4.26. The number of nitrogens with zero attached hydrogens (tertiary/aromatic N) is 4. The average molecular weight is 427 g/mol. The van der Waals surface area contributed by atoms with Crippen LogP contribution in [0.2, 0.25) is 0 Å². The predicted octanol–water partition coefficient (Wildman–Crippen LogP) is 4.33. The number of aromatic nitrogens is 2. The van der Waals surface area contributed by atoms with Crippen LogP contribution in [0, 0.1) is 5.82 Å². The zero-order chi connectivity index (χ0) is 21.8. The first-order valence-electron chi connectivity index (χ1n) is 10.7. The molecule has 0 unspecified atom stereocenters. The van der Waals surface area contributed by atoms with Gasteiger partial charge in [-0.2, -0.15) is 0 Å². The lowest BCUT2D eigenvalue weighted by molar-refractivity contribution is 0.312. The number of rotatable bonds is 2. The molecule has 1 aromatic heterocycles. The molecule has 6 nitrogen and oxygen atoms in total. The standard InChI is InChI=1S/C25H22FN5O/c1-30-9-11-31(12-10-30)22-14-21-20(13-19(22)26)27-25(28-21)18-8-4-7-17-23(18)15-5-2-3-6-16(15)24(17)29-32/h2-8,13-14,32H,9-12H2,1H3,(H,27,28)/b29-24+. The molecule has 2 aliphatic rings. The summed E-state index contributed by atoms with van der Waals surface area (Å²) >= 11 is 0. The van der Waals surface area contributed by atoms with E-state index in [2.05, 4.69) is 27.0 Å². The van der Waals surface area contributed by atoms with Crippen molar-refractivity contribution >= 4 is 22.4 Å². The highest BCUT2D eigenvalue weighted by Crippen LogP contribution is 2.43. The van der Waals surface area contributed by atoms with Crippen LogP contribution in [0.3, 0.4) is 0 Å². The number of hydrogen-bond donors (Lipinski definition) is 2. The van der Waals surface area contributed by atoms with Crippen molar-refractivity contribution in [2.24, 2.45) is 5.16 Å². The molecule has 3 aromatic carbocycles. The Labute approximate surface area is 184 Å². The zero-order valence-electron chi connectivity index (χ0n) is 17.6. The minimum absolute atomic E-state index is 0.251. The summed E-state index contributed by atoms with van der Waals surface area (Å²) < 4.78 is 15.0. The number of nitrogens with one attached hydrogen (secondary N) is 1. The second kappa shape index (κ2) is 7.17. The van der Waals surface area contributed by atoms with Crippen molar-refractivity contribution < 1.29 is 9.60 Å². The van der Waals surface area contributed by atoms with Crippen LogP contribution in [0.25, 0.3) is 33.5 Å². The third kappa shape index (κ3) is 2.81. The Morgan fingerprint density at radius 3 is 2.44 bits per heavy atom. The van der Waals surface area contributed by atoms with E-state index < -0.39 is 0 Å². The van der Waals surface area contributed by atoms with Crippen LogP contribution < -0.4 is 4.90 Å². The highest BCUT2D eigenvalue weighted by Gasteiger charge is 2.28. The lowest BCUT2D eigenvalue weighted by Gasteiger charge is -2.34. The first kappa shape index (κ1) is 19.0. The lowest BCUT2D eigenvalue weighted by atomic mass is 9.99. The summed E-state index contributed by atoms with van der Waals surface area (Å²) in [7, 11) is 2.08. The maximum atomic E-state index is 15.0. The molecule has 1 aliphatic carbocycles. The molecule has 2 heterocycles.